The van der Waals surface area contributed by atoms with Crippen LogP contribution >= 0.6 is 34.5 Å². The van der Waals surface area contributed by atoms with E-state index in [0.717, 1.165) is 0 Å². The number of halogens is 2. The second-order valence-corrected chi connectivity index (χ2v) is 4.76. The second-order valence-electron chi connectivity index (χ2n) is 3.12. The summed E-state index contributed by atoms with van der Waals surface area (Å²) in [5.74, 6) is 0.400. The summed E-state index contributed by atoms with van der Waals surface area (Å²) in [6.07, 6.45) is 0. The number of methoxy groups -OCH3 is 1. The van der Waals surface area contributed by atoms with Gasteiger partial charge >= 0.3 is 0 Å². The fourth-order valence-electron chi connectivity index (χ4n) is 1.25. The largest absolute Gasteiger partial charge is 0.495 e. The average Bonchev–Trinajstić information content (AvgIpc) is 2.75. The van der Waals surface area contributed by atoms with Crippen LogP contribution in [0.1, 0.15) is 9.67 Å². The van der Waals surface area contributed by atoms with Gasteiger partial charge in [-0.05, 0) is 23.0 Å². The van der Waals surface area contributed by atoms with E-state index in [2.05, 4.69) is 15.3 Å². The minimum Gasteiger partial charge on any atom is -0.495 e. The highest BCUT2D eigenvalue weighted by molar-refractivity contribution is 7.12. The van der Waals surface area contributed by atoms with Crippen molar-refractivity contribution in [1.29, 1.82) is 0 Å². The summed E-state index contributed by atoms with van der Waals surface area (Å²) in [6, 6.07) is 3.12. The van der Waals surface area contributed by atoms with E-state index in [1.54, 1.807) is 11.4 Å². The molecule has 8 heteroatoms. The third-order valence-electron chi connectivity index (χ3n) is 1.96. The lowest BCUT2D eigenvalue weighted by Crippen LogP contribution is -2.12. The summed E-state index contributed by atoms with van der Waals surface area (Å²) in [5, 5.41) is 4.45. The summed E-state index contributed by atoms with van der Waals surface area (Å²) in [7, 11) is 1.50. The number of thiophene rings is 1. The van der Waals surface area contributed by atoms with Gasteiger partial charge in [-0.25, -0.2) is 9.97 Å². The smallest absolute Gasteiger partial charge is 0.270 e. The third-order valence-corrected chi connectivity index (χ3v) is 3.22. The average molecular weight is 304 g/mol. The minimum absolute atomic E-state index is 0.0315. The van der Waals surface area contributed by atoms with Gasteiger partial charge in [0.05, 0.1) is 7.11 Å². The predicted octanol–water partition coefficient (Wildman–Crippen LogP) is 3.11. The number of nitrogens with one attached hydrogen (secondary N) is 1. The first-order valence-electron chi connectivity index (χ1n) is 4.73. The van der Waals surface area contributed by atoms with Crippen molar-refractivity contribution in [1.82, 2.24) is 9.97 Å². The van der Waals surface area contributed by atoms with Crippen molar-refractivity contribution in [3.63, 3.8) is 0 Å². The van der Waals surface area contributed by atoms with Crippen LogP contribution in [0.5, 0.6) is 5.75 Å². The van der Waals surface area contributed by atoms with E-state index in [9.17, 15) is 4.79 Å². The van der Waals surface area contributed by atoms with E-state index in [4.69, 9.17) is 27.9 Å². The molecule has 2 aromatic heterocycles. The molecule has 0 aliphatic carbocycles. The Morgan fingerprint density at radius 3 is 2.89 bits per heavy atom. The second kappa shape index (κ2) is 5.51. The maximum Gasteiger partial charge on any atom is 0.270 e. The SMILES string of the molecule is COc1ccsc1C(=O)Nc1cc(Cl)nc(Cl)n1. The molecule has 2 rings (SSSR count). The van der Waals surface area contributed by atoms with E-state index in [1.165, 1.54) is 24.5 Å². The van der Waals surface area contributed by atoms with Gasteiger partial charge in [0.2, 0.25) is 5.28 Å². The Hall–Kier alpha value is -1.37. The third kappa shape index (κ3) is 2.90. The molecule has 2 heterocycles. The number of anilines is 1. The number of hydrogen-bond donors (Lipinski definition) is 1. The molecule has 2 aromatic rings. The molecule has 0 radical (unpaired) electrons. The van der Waals surface area contributed by atoms with Crippen LogP contribution < -0.4 is 10.1 Å². The van der Waals surface area contributed by atoms with E-state index < -0.39 is 0 Å². The first-order valence-corrected chi connectivity index (χ1v) is 6.36. The molecule has 1 N–H and O–H groups in total. The number of nitrogens with zero attached hydrogens (tertiary/aromatic N) is 2. The summed E-state index contributed by atoms with van der Waals surface area (Å²) < 4.78 is 5.06. The van der Waals surface area contributed by atoms with Crippen molar-refractivity contribution in [2.75, 3.05) is 12.4 Å². The fraction of sp³-hybridized carbons (Fsp3) is 0.100. The van der Waals surface area contributed by atoms with Crippen LogP contribution in [0.15, 0.2) is 17.5 Å². The van der Waals surface area contributed by atoms with Crippen LogP contribution in [0.2, 0.25) is 10.4 Å². The number of carbonyl (C=O) groups is 1. The van der Waals surface area contributed by atoms with Crippen molar-refractivity contribution in [2.24, 2.45) is 0 Å². The van der Waals surface area contributed by atoms with E-state index in [0.29, 0.717) is 10.6 Å². The van der Waals surface area contributed by atoms with Crippen molar-refractivity contribution in [2.45, 2.75) is 0 Å². The fourth-order valence-corrected chi connectivity index (χ4v) is 2.41. The lowest BCUT2D eigenvalue weighted by atomic mass is 10.4. The zero-order chi connectivity index (χ0) is 13.1. The van der Waals surface area contributed by atoms with Crippen LogP contribution in [0.4, 0.5) is 5.82 Å². The molecule has 0 bridgehead atoms. The van der Waals surface area contributed by atoms with Gasteiger partial charge in [-0.15, -0.1) is 11.3 Å². The summed E-state index contributed by atoms with van der Waals surface area (Å²) in [4.78, 5) is 19.9. The molecule has 0 aromatic carbocycles. The van der Waals surface area contributed by atoms with Crippen LogP contribution in [-0.2, 0) is 0 Å². The van der Waals surface area contributed by atoms with Crippen molar-refractivity contribution < 1.29 is 9.53 Å². The van der Waals surface area contributed by atoms with Gasteiger partial charge in [0.25, 0.3) is 5.91 Å². The monoisotopic (exact) mass is 303 g/mol. The van der Waals surface area contributed by atoms with Crippen LogP contribution in [-0.4, -0.2) is 23.0 Å². The van der Waals surface area contributed by atoms with Gasteiger partial charge in [0.15, 0.2) is 0 Å². The molecule has 0 aliphatic heterocycles. The van der Waals surface area contributed by atoms with Gasteiger partial charge in [-0.2, -0.15) is 0 Å². The molecular formula is C10H7Cl2N3O2S. The van der Waals surface area contributed by atoms with Gasteiger partial charge in [-0.3, -0.25) is 4.79 Å². The minimum atomic E-state index is -0.340. The molecule has 94 valence electrons. The first-order chi connectivity index (χ1) is 8.60. The highest BCUT2D eigenvalue weighted by Gasteiger charge is 2.15. The number of carbonyl (C=O) groups excluding carboxylic acids is 1. The van der Waals surface area contributed by atoms with Gasteiger partial charge in [-0.1, -0.05) is 11.6 Å². The van der Waals surface area contributed by atoms with Crippen LogP contribution in [0.25, 0.3) is 0 Å². The molecular weight excluding hydrogens is 297 g/mol. The molecule has 0 saturated carbocycles. The lowest BCUT2D eigenvalue weighted by molar-refractivity contribution is 0.102. The zero-order valence-corrected chi connectivity index (χ0v) is 11.4. The number of ether oxygens (including phenoxy) is 1. The molecule has 0 aliphatic rings. The molecule has 0 fully saturated rings. The number of rotatable bonds is 3. The summed E-state index contributed by atoms with van der Waals surface area (Å²) in [6.45, 7) is 0. The lowest BCUT2D eigenvalue weighted by Gasteiger charge is -2.05. The van der Waals surface area contributed by atoms with Gasteiger partial charge < -0.3 is 10.1 Å². The topological polar surface area (TPSA) is 64.1 Å². The van der Waals surface area contributed by atoms with Crippen LogP contribution in [0, 0.1) is 0 Å². The molecule has 0 atom stereocenters. The molecule has 18 heavy (non-hydrogen) atoms. The Morgan fingerprint density at radius 1 is 1.44 bits per heavy atom. The number of amides is 1. The van der Waals surface area contributed by atoms with Gasteiger partial charge in [0.1, 0.15) is 21.6 Å². The Bertz CT molecular complexity index is 568. The maximum atomic E-state index is 12.0. The molecule has 1 amide bonds. The van der Waals surface area contributed by atoms with E-state index >= 15 is 0 Å². The Balaban J connectivity index is 2.21. The van der Waals surface area contributed by atoms with Crippen molar-refractivity contribution >= 4 is 46.3 Å². The Labute approximate surface area is 117 Å². The Morgan fingerprint density at radius 2 is 2.22 bits per heavy atom. The van der Waals surface area contributed by atoms with Gasteiger partial charge in [0, 0.05) is 6.07 Å². The summed E-state index contributed by atoms with van der Waals surface area (Å²) in [5.41, 5.74) is 0. The standard InChI is InChI=1S/C10H7Cl2N3O2S/c1-17-5-2-3-18-8(5)9(16)14-7-4-6(11)13-10(12)15-7/h2-4H,1H3,(H,13,14,15,16). The highest BCUT2D eigenvalue weighted by atomic mass is 35.5. The number of aromatic nitrogens is 2. The predicted molar refractivity (Wildman–Crippen MR) is 70.9 cm³/mol. The van der Waals surface area contributed by atoms with Crippen molar-refractivity contribution in [3.05, 3.63) is 32.8 Å². The highest BCUT2D eigenvalue weighted by Crippen LogP contribution is 2.25. The maximum absolute atomic E-state index is 12.0. The van der Waals surface area contributed by atoms with E-state index in [-0.39, 0.29) is 22.2 Å². The normalized spacial score (nSPS) is 10.2. The summed E-state index contributed by atoms with van der Waals surface area (Å²) >= 11 is 12.6. The zero-order valence-electron chi connectivity index (χ0n) is 9.11. The molecule has 5 nitrogen and oxygen atoms in total. The quantitative estimate of drug-likeness (QED) is 0.699. The molecule has 0 saturated heterocycles. The van der Waals surface area contributed by atoms with Crippen molar-refractivity contribution in [3.8, 4) is 5.75 Å². The van der Waals surface area contributed by atoms with Crippen LogP contribution in [0.3, 0.4) is 0 Å². The van der Waals surface area contributed by atoms with E-state index in [1.807, 2.05) is 0 Å². The molecule has 0 spiro atoms. The number of hydrogen-bond acceptors (Lipinski definition) is 5. The Kier molecular flexibility index (Phi) is 4.00. The first kappa shape index (κ1) is 13.1. The molecule has 0 unspecified atom stereocenters.